The lowest BCUT2D eigenvalue weighted by Gasteiger charge is -2.40. The highest BCUT2D eigenvalue weighted by Gasteiger charge is 2.46. The molecule has 8 N–H and O–H groups in total. The van der Waals surface area contributed by atoms with E-state index in [0.29, 0.717) is 0 Å². The minimum atomic E-state index is -1.63. The largest absolute Gasteiger partial charge is 0.482 e. The number of aliphatic hydroxyl groups is 8. The smallest absolute Gasteiger partial charge is 0.229 e. The highest BCUT2D eigenvalue weighted by Crippen LogP contribution is 2.29. The van der Waals surface area contributed by atoms with Crippen molar-refractivity contribution in [3.63, 3.8) is 0 Å². The Morgan fingerprint density at radius 2 is 1.27 bits per heavy atom. The summed E-state index contributed by atoms with van der Waals surface area (Å²) in [5.41, 5.74) is 0. The summed E-state index contributed by atoms with van der Waals surface area (Å²) in [6.07, 6.45) is -14.5. The summed E-state index contributed by atoms with van der Waals surface area (Å²) in [7, 11) is 0. The molecule has 30 heavy (non-hydrogen) atoms. The quantitative estimate of drug-likeness (QED) is 0.216. The van der Waals surface area contributed by atoms with E-state index in [0.717, 1.165) is 0 Å². The first kappa shape index (κ1) is 23.1. The number of ether oxygens (including phenoxy) is 4. The van der Waals surface area contributed by atoms with E-state index in [9.17, 15) is 35.7 Å². The summed E-state index contributed by atoms with van der Waals surface area (Å²) in [6.45, 7) is -1.22. The molecule has 8 unspecified atom stereocenters. The van der Waals surface area contributed by atoms with Gasteiger partial charge in [0.2, 0.25) is 6.29 Å². The number of aliphatic hydroxyl groups excluding tert-OH is 8. The summed E-state index contributed by atoms with van der Waals surface area (Å²) in [6, 6.07) is 5.74. The van der Waals surface area contributed by atoms with Crippen LogP contribution in [0, 0.1) is 0 Å². The van der Waals surface area contributed by atoms with Crippen molar-refractivity contribution in [1.29, 1.82) is 0 Å². The van der Waals surface area contributed by atoms with Crippen LogP contribution in [-0.2, 0) is 9.47 Å². The minimum Gasteiger partial charge on any atom is -0.482 e. The average molecular weight is 434 g/mol. The zero-order chi connectivity index (χ0) is 22.0. The fourth-order valence-electron chi connectivity index (χ4n) is 3.28. The van der Waals surface area contributed by atoms with Crippen LogP contribution in [0.5, 0.6) is 11.5 Å². The maximum atomic E-state index is 10.2. The van der Waals surface area contributed by atoms with Crippen LogP contribution in [0.15, 0.2) is 24.3 Å². The molecule has 1 aromatic rings. The Labute approximate surface area is 171 Å². The van der Waals surface area contributed by atoms with Crippen LogP contribution in [0.4, 0.5) is 0 Å². The summed E-state index contributed by atoms with van der Waals surface area (Å²) < 4.78 is 21.3. The summed E-state index contributed by atoms with van der Waals surface area (Å²) in [5.74, 6) is 0.199. The van der Waals surface area contributed by atoms with E-state index >= 15 is 0 Å². The van der Waals surface area contributed by atoms with Crippen LogP contribution in [0.1, 0.15) is 0 Å². The third-order valence-corrected chi connectivity index (χ3v) is 5.02. The van der Waals surface area contributed by atoms with Gasteiger partial charge >= 0.3 is 0 Å². The number of benzene rings is 1. The fraction of sp³-hybridized carbons (Fsp3) is 0.667. The monoisotopic (exact) mass is 434 g/mol. The second-order valence-electron chi connectivity index (χ2n) is 7.10. The molecule has 2 heterocycles. The Bertz CT molecular complexity index is 687. The van der Waals surface area contributed by atoms with Gasteiger partial charge in [-0.15, -0.1) is 0 Å². The Hall–Kier alpha value is -1.58. The predicted molar refractivity (Wildman–Crippen MR) is 95.2 cm³/mol. The van der Waals surface area contributed by atoms with Crippen molar-refractivity contribution in [3.8, 4) is 11.5 Å². The third-order valence-electron chi connectivity index (χ3n) is 5.02. The van der Waals surface area contributed by atoms with E-state index < -0.39 is 74.6 Å². The SMILES string of the molecule is OCC1OC(Oc2cccc(OC3C(O)C(O)[C@@H](CO)O[C@H]3O)c2)C(O)C(O)C1O. The van der Waals surface area contributed by atoms with Crippen molar-refractivity contribution in [2.24, 2.45) is 0 Å². The van der Waals surface area contributed by atoms with E-state index in [4.69, 9.17) is 24.1 Å². The molecule has 0 saturated carbocycles. The molecule has 2 aliphatic heterocycles. The lowest BCUT2D eigenvalue weighted by Crippen LogP contribution is -2.60. The molecule has 1 aromatic carbocycles. The van der Waals surface area contributed by atoms with E-state index in [-0.39, 0.29) is 11.5 Å². The van der Waals surface area contributed by atoms with Crippen LogP contribution in [0.25, 0.3) is 0 Å². The second kappa shape index (κ2) is 9.70. The van der Waals surface area contributed by atoms with Gasteiger partial charge in [0.05, 0.1) is 13.2 Å². The molecule has 0 aliphatic carbocycles. The normalized spacial score (nSPS) is 42.0. The molecule has 10 atom stereocenters. The third kappa shape index (κ3) is 4.68. The van der Waals surface area contributed by atoms with Crippen molar-refractivity contribution in [2.45, 2.75) is 61.4 Å². The van der Waals surface area contributed by atoms with E-state index in [2.05, 4.69) is 0 Å². The summed E-state index contributed by atoms with van der Waals surface area (Å²) >= 11 is 0. The van der Waals surface area contributed by atoms with Crippen LogP contribution >= 0.6 is 0 Å². The van der Waals surface area contributed by atoms with Crippen LogP contribution in [0.2, 0.25) is 0 Å². The minimum absolute atomic E-state index is 0.0958. The maximum Gasteiger partial charge on any atom is 0.229 e. The molecule has 0 spiro atoms. The van der Waals surface area contributed by atoms with Crippen LogP contribution in [0.3, 0.4) is 0 Å². The molecule has 2 saturated heterocycles. The van der Waals surface area contributed by atoms with Gasteiger partial charge in [0, 0.05) is 6.07 Å². The van der Waals surface area contributed by atoms with Gasteiger partial charge in [-0.2, -0.15) is 0 Å². The van der Waals surface area contributed by atoms with Gasteiger partial charge in [0.15, 0.2) is 12.4 Å². The van der Waals surface area contributed by atoms with Gasteiger partial charge in [0.1, 0.15) is 54.2 Å². The van der Waals surface area contributed by atoms with Crippen molar-refractivity contribution in [2.75, 3.05) is 13.2 Å². The Morgan fingerprint density at radius 1 is 0.700 bits per heavy atom. The summed E-state index contributed by atoms with van der Waals surface area (Å²) in [4.78, 5) is 0. The van der Waals surface area contributed by atoms with Gasteiger partial charge in [-0.1, -0.05) is 6.07 Å². The molecule has 0 amide bonds. The number of hydrogen-bond donors (Lipinski definition) is 8. The molecule has 2 aliphatic rings. The maximum absolute atomic E-state index is 10.2. The number of rotatable bonds is 6. The first-order valence-electron chi connectivity index (χ1n) is 9.31. The Morgan fingerprint density at radius 3 is 1.90 bits per heavy atom. The first-order chi connectivity index (χ1) is 14.3. The molecule has 0 bridgehead atoms. The molecular formula is C18H26O12. The predicted octanol–water partition coefficient (Wildman–Crippen LogP) is -3.96. The van der Waals surface area contributed by atoms with E-state index in [1.54, 1.807) is 0 Å². The Kier molecular flexibility index (Phi) is 7.47. The van der Waals surface area contributed by atoms with Gasteiger partial charge < -0.3 is 59.8 Å². The molecular weight excluding hydrogens is 408 g/mol. The topological polar surface area (TPSA) is 199 Å². The standard InChI is InChI=1S/C18H26O12/c19-5-9-12(22)14(24)16(17(26)29-9)27-7-2-1-3-8(4-7)28-18-15(25)13(23)11(21)10(6-20)30-18/h1-4,9-26H,5-6H2/t9-,10?,11?,12?,13?,14?,15?,16?,17-,18?/m1/s1. The van der Waals surface area contributed by atoms with Crippen molar-refractivity contribution >= 4 is 0 Å². The van der Waals surface area contributed by atoms with Gasteiger partial charge in [-0.3, -0.25) is 0 Å². The van der Waals surface area contributed by atoms with Gasteiger partial charge in [-0.25, -0.2) is 0 Å². The second-order valence-corrected chi connectivity index (χ2v) is 7.10. The highest BCUT2D eigenvalue weighted by atomic mass is 16.7. The molecule has 3 rings (SSSR count). The highest BCUT2D eigenvalue weighted by molar-refractivity contribution is 5.33. The molecule has 12 heteroatoms. The van der Waals surface area contributed by atoms with Crippen molar-refractivity contribution in [1.82, 2.24) is 0 Å². The van der Waals surface area contributed by atoms with Crippen molar-refractivity contribution < 1.29 is 59.8 Å². The Balaban J connectivity index is 1.69. The average Bonchev–Trinajstić information content (AvgIpc) is 2.74. The lowest BCUT2D eigenvalue weighted by atomic mass is 9.99. The number of hydrogen-bond acceptors (Lipinski definition) is 12. The lowest BCUT2D eigenvalue weighted by molar-refractivity contribution is -0.280. The van der Waals surface area contributed by atoms with Gasteiger partial charge in [0.25, 0.3) is 0 Å². The zero-order valence-electron chi connectivity index (χ0n) is 15.7. The molecule has 2 fully saturated rings. The molecule has 12 nitrogen and oxygen atoms in total. The van der Waals surface area contributed by atoms with Gasteiger partial charge in [-0.05, 0) is 12.1 Å². The van der Waals surface area contributed by atoms with E-state index in [1.807, 2.05) is 0 Å². The molecule has 0 radical (unpaired) electrons. The summed E-state index contributed by atoms with van der Waals surface area (Å²) in [5, 5.41) is 78.2. The van der Waals surface area contributed by atoms with Crippen LogP contribution in [-0.4, -0.2) is 115 Å². The molecule has 0 aromatic heterocycles. The zero-order valence-corrected chi connectivity index (χ0v) is 15.7. The molecule has 170 valence electrons. The van der Waals surface area contributed by atoms with E-state index in [1.165, 1.54) is 24.3 Å². The first-order valence-corrected chi connectivity index (χ1v) is 9.31. The van der Waals surface area contributed by atoms with Crippen molar-refractivity contribution in [3.05, 3.63) is 24.3 Å². The van der Waals surface area contributed by atoms with Crippen LogP contribution < -0.4 is 9.47 Å². The fourth-order valence-corrected chi connectivity index (χ4v) is 3.28.